The number of nitrogens with zero attached hydrogens (tertiary/aromatic N) is 3. The average molecular weight is 397 g/mol. The predicted octanol–water partition coefficient (Wildman–Crippen LogP) is 4.05. The first-order chi connectivity index (χ1) is 13.4. The number of fused-ring (bicyclic) bond motifs is 2. The lowest BCUT2D eigenvalue weighted by Crippen LogP contribution is -2.29. The molecule has 144 valence electrons. The lowest BCUT2D eigenvalue weighted by Gasteiger charge is -2.38. The van der Waals surface area contributed by atoms with Gasteiger partial charge in [0.1, 0.15) is 0 Å². The molecular formula is C20H19N3O4S. The van der Waals surface area contributed by atoms with Crippen LogP contribution in [-0.4, -0.2) is 28.7 Å². The number of aromatic nitrogens is 2. The van der Waals surface area contributed by atoms with Crippen molar-refractivity contribution in [1.82, 2.24) is 9.97 Å². The summed E-state index contributed by atoms with van der Waals surface area (Å²) in [6, 6.07) is 14.6. The Bertz CT molecular complexity index is 1100. The largest absolute Gasteiger partial charge is 0.453 e. The fraction of sp³-hybridized carbons (Fsp3) is 0.200. The topological polar surface area (TPSA) is 92.6 Å². The fourth-order valence-corrected chi connectivity index (χ4v) is 3.87. The number of rotatable bonds is 5. The molecule has 1 aliphatic heterocycles. The monoisotopic (exact) mass is 397 g/mol. The van der Waals surface area contributed by atoms with E-state index in [9.17, 15) is 13.0 Å². The molecule has 8 heteroatoms. The van der Waals surface area contributed by atoms with E-state index in [0.29, 0.717) is 17.3 Å². The minimum absolute atomic E-state index is 0.116. The Kier molecular flexibility index (Phi) is 4.74. The Morgan fingerprint density at radius 2 is 1.75 bits per heavy atom. The second-order valence-electron chi connectivity index (χ2n) is 6.61. The van der Waals surface area contributed by atoms with Crippen LogP contribution in [-0.2, 0) is 10.1 Å². The van der Waals surface area contributed by atoms with Crippen LogP contribution in [0.5, 0.6) is 11.5 Å². The van der Waals surface area contributed by atoms with E-state index in [4.69, 9.17) is 4.74 Å². The first-order valence-electron chi connectivity index (χ1n) is 8.81. The summed E-state index contributed by atoms with van der Waals surface area (Å²) in [7, 11) is -4.14. The molecule has 2 aromatic carbocycles. The number of benzene rings is 2. The van der Waals surface area contributed by atoms with Crippen molar-refractivity contribution < 1.29 is 17.7 Å². The molecule has 0 radical (unpaired) electrons. The maximum atomic E-state index is 11.5. The van der Waals surface area contributed by atoms with Gasteiger partial charge in [-0.3, -0.25) is 4.55 Å². The molecule has 0 saturated carbocycles. The van der Waals surface area contributed by atoms with E-state index in [0.717, 1.165) is 16.9 Å². The van der Waals surface area contributed by atoms with Crippen LogP contribution < -0.4 is 9.64 Å². The van der Waals surface area contributed by atoms with Crippen molar-refractivity contribution in [3.05, 3.63) is 72.3 Å². The van der Waals surface area contributed by atoms with E-state index < -0.39 is 21.9 Å². The third-order valence-electron chi connectivity index (χ3n) is 4.56. The summed E-state index contributed by atoms with van der Waals surface area (Å²) in [6.45, 7) is 1.98. The summed E-state index contributed by atoms with van der Waals surface area (Å²) in [5.74, 6) is 1.38. The summed E-state index contributed by atoms with van der Waals surface area (Å²) in [5.41, 5.74) is 2.62. The van der Waals surface area contributed by atoms with Gasteiger partial charge in [0.2, 0.25) is 0 Å². The summed E-state index contributed by atoms with van der Waals surface area (Å²) < 4.78 is 38.3. The molecule has 0 bridgehead atoms. The lowest BCUT2D eigenvalue weighted by atomic mass is 10.0. The second-order valence-corrected chi connectivity index (χ2v) is 8.18. The Labute approximate surface area is 163 Å². The molecule has 1 unspecified atom stereocenters. The highest BCUT2D eigenvalue weighted by Gasteiger charge is 2.33. The van der Waals surface area contributed by atoms with Crippen LogP contribution in [0, 0.1) is 6.92 Å². The summed E-state index contributed by atoms with van der Waals surface area (Å²) in [6.07, 6.45) is 3.35. The van der Waals surface area contributed by atoms with Gasteiger partial charge in [0.15, 0.2) is 17.3 Å². The van der Waals surface area contributed by atoms with Crippen LogP contribution in [0.2, 0.25) is 0 Å². The van der Waals surface area contributed by atoms with Crippen molar-refractivity contribution in [2.24, 2.45) is 0 Å². The standard InChI is InChI=1S/C20H19N3O4S/c1-14-7-8-19-17(13-14)23(15-5-2-3-6-18(15)27-19)16(9-12-28(24,25)26)20-21-10-4-11-22-20/h2-8,10-11,13,16H,9,12H2,1H3,(H,24,25,26). The molecule has 1 N–H and O–H groups in total. The van der Waals surface area contributed by atoms with Crippen LogP contribution in [0.25, 0.3) is 0 Å². The molecule has 2 heterocycles. The smallest absolute Gasteiger partial charge is 0.264 e. The average Bonchev–Trinajstić information content (AvgIpc) is 2.67. The lowest BCUT2D eigenvalue weighted by molar-refractivity contribution is 0.458. The van der Waals surface area contributed by atoms with Crippen molar-refractivity contribution in [3.63, 3.8) is 0 Å². The van der Waals surface area contributed by atoms with Gasteiger partial charge in [-0.05, 0) is 49.2 Å². The van der Waals surface area contributed by atoms with Crippen LogP contribution >= 0.6 is 0 Å². The highest BCUT2D eigenvalue weighted by molar-refractivity contribution is 7.85. The highest BCUT2D eigenvalue weighted by Crippen LogP contribution is 2.50. The van der Waals surface area contributed by atoms with E-state index in [1.807, 2.05) is 54.3 Å². The minimum Gasteiger partial charge on any atom is -0.453 e. The van der Waals surface area contributed by atoms with E-state index in [2.05, 4.69) is 9.97 Å². The van der Waals surface area contributed by atoms with Crippen molar-refractivity contribution in [2.75, 3.05) is 10.7 Å². The third-order valence-corrected chi connectivity index (χ3v) is 5.31. The van der Waals surface area contributed by atoms with Gasteiger partial charge in [0.05, 0.1) is 23.2 Å². The van der Waals surface area contributed by atoms with Gasteiger partial charge in [-0.1, -0.05) is 18.2 Å². The number of hydrogen-bond acceptors (Lipinski definition) is 6. The van der Waals surface area contributed by atoms with E-state index in [1.165, 1.54) is 0 Å². The zero-order valence-corrected chi connectivity index (χ0v) is 16.0. The van der Waals surface area contributed by atoms with Crippen molar-refractivity contribution in [3.8, 4) is 11.5 Å². The van der Waals surface area contributed by atoms with Gasteiger partial charge in [0.25, 0.3) is 10.1 Å². The van der Waals surface area contributed by atoms with Gasteiger partial charge in [-0.25, -0.2) is 9.97 Å². The van der Waals surface area contributed by atoms with Gasteiger partial charge >= 0.3 is 0 Å². The number of para-hydroxylation sites is 2. The molecule has 1 atom stereocenters. The Hall–Kier alpha value is -2.97. The van der Waals surface area contributed by atoms with Crippen molar-refractivity contribution >= 4 is 21.5 Å². The van der Waals surface area contributed by atoms with E-state index >= 15 is 0 Å². The number of hydrogen-bond donors (Lipinski definition) is 1. The normalized spacial score (nSPS) is 14.0. The Morgan fingerprint density at radius 3 is 2.50 bits per heavy atom. The molecule has 3 aromatic rings. The quantitative estimate of drug-likeness (QED) is 0.649. The molecular weight excluding hydrogens is 378 g/mol. The zero-order valence-electron chi connectivity index (χ0n) is 15.2. The first-order valence-corrected chi connectivity index (χ1v) is 10.4. The van der Waals surface area contributed by atoms with Crippen LogP contribution in [0.3, 0.4) is 0 Å². The summed E-state index contributed by atoms with van der Waals surface area (Å²) in [4.78, 5) is 10.7. The van der Waals surface area contributed by atoms with Gasteiger partial charge in [0, 0.05) is 12.4 Å². The van der Waals surface area contributed by atoms with Gasteiger partial charge in [-0.2, -0.15) is 8.42 Å². The van der Waals surface area contributed by atoms with E-state index in [1.54, 1.807) is 18.5 Å². The molecule has 0 spiro atoms. The van der Waals surface area contributed by atoms with Crippen LogP contribution in [0.4, 0.5) is 11.4 Å². The predicted molar refractivity (Wildman–Crippen MR) is 106 cm³/mol. The number of anilines is 2. The molecule has 1 aliphatic rings. The molecule has 7 nitrogen and oxygen atoms in total. The molecule has 1 aromatic heterocycles. The molecule has 0 saturated heterocycles. The Morgan fingerprint density at radius 1 is 1.04 bits per heavy atom. The number of ether oxygens (including phenoxy) is 1. The maximum Gasteiger partial charge on any atom is 0.264 e. The van der Waals surface area contributed by atoms with Gasteiger partial charge in [-0.15, -0.1) is 0 Å². The Balaban J connectivity index is 1.88. The maximum absolute atomic E-state index is 11.5. The zero-order chi connectivity index (χ0) is 19.7. The van der Waals surface area contributed by atoms with Crippen LogP contribution in [0.15, 0.2) is 60.9 Å². The van der Waals surface area contributed by atoms with E-state index in [-0.39, 0.29) is 6.42 Å². The van der Waals surface area contributed by atoms with Crippen LogP contribution in [0.1, 0.15) is 23.9 Å². The SMILES string of the molecule is Cc1ccc2c(c1)N(C(CCS(=O)(=O)O)c1ncccn1)c1ccccc1O2. The number of aryl methyl sites for hydroxylation is 1. The summed E-state index contributed by atoms with van der Waals surface area (Å²) in [5, 5.41) is 0. The first kappa shape index (κ1) is 18.4. The minimum atomic E-state index is -4.14. The molecule has 4 rings (SSSR count). The molecule has 0 fully saturated rings. The molecule has 0 amide bonds. The highest BCUT2D eigenvalue weighted by atomic mass is 32.2. The summed E-state index contributed by atoms with van der Waals surface area (Å²) >= 11 is 0. The molecule has 28 heavy (non-hydrogen) atoms. The second kappa shape index (κ2) is 7.21. The van der Waals surface area contributed by atoms with Crippen molar-refractivity contribution in [1.29, 1.82) is 0 Å². The van der Waals surface area contributed by atoms with Gasteiger partial charge < -0.3 is 9.64 Å². The third kappa shape index (κ3) is 3.69. The van der Waals surface area contributed by atoms with Crippen molar-refractivity contribution in [2.45, 2.75) is 19.4 Å². The fourth-order valence-electron chi connectivity index (χ4n) is 3.35. The molecule has 0 aliphatic carbocycles.